The zero-order valence-corrected chi connectivity index (χ0v) is 15.2. The molecule has 3 aromatic carbocycles. The summed E-state index contributed by atoms with van der Waals surface area (Å²) in [5.74, 6) is -1.00. The number of aromatic hydroxyl groups is 1. The molecular weight excluding hydrogens is 388 g/mol. The number of phenols is 1. The fourth-order valence-corrected chi connectivity index (χ4v) is 3.41. The maximum absolute atomic E-state index is 12.6. The molecule has 0 bridgehead atoms. The number of nitrogens with one attached hydrogen (secondary N) is 1. The number of fused-ring (bicyclic) bond motifs is 1. The first-order valence-electron chi connectivity index (χ1n) is 7.87. The highest BCUT2D eigenvalue weighted by Gasteiger charge is 2.23. The molecule has 0 aliphatic carbocycles. The maximum atomic E-state index is 12.6. The van der Waals surface area contributed by atoms with Crippen LogP contribution in [0.2, 0.25) is 0 Å². The van der Waals surface area contributed by atoms with Crippen LogP contribution in [0.1, 0.15) is 15.9 Å². The van der Waals surface area contributed by atoms with E-state index in [0.29, 0.717) is 16.3 Å². The summed E-state index contributed by atoms with van der Waals surface area (Å²) in [6.07, 6.45) is 0. The van der Waals surface area contributed by atoms with Gasteiger partial charge in [0, 0.05) is 6.07 Å². The molecule has 0 fully saturated rings. The predicted molar refractivity (Wildman–Crippen MR) is 101 cm³/mol. The summed E-state index contributed by atoms with van der Waals surface area (Å²) in [6, 6.07) is 10.5. The van der Waals surface area contributed by atoms with Crippen molar-refractivity contribution in [2.24, 2.45) is 0 Å². The molecule has 0 aliphatic rings. The number of nitro groups is 1. The monoisotopic (exact) mass is 402 g/mol. The third-order valence-electron chi connectivity index (χ3n) is 4.04. The summed E-state index contributed by atoms with van der Waals surface area (Å²) in [5.41, 5.74) is -0.416. The molecule has 1 amide bonds. The Hall–Kier alpha value is -3.50. The van der Waals surface area contributed by atoms with E-state index in [1.807, 2.05) is 0 Å². The highest BCUT2D eigenvalue weighted by Crippen LogP contribution is 2.31. The molecule has 0 saturated carbocycles. The number of amides is 1. The van der Waals surface area contributed by atoms with Crippen LogP contribution in [-0.4, -0.2) is 28.9 Å². The third-order valence-corrected chi connectivity index (χ3v) is 4.94. The van der Waals surface area contributed by atoms with Gasteiger partial charge in [0.2, 0.25) is 0 Å². The molecule has 28 heavy (non-hydrogen) atoms. The van der Waals surface area contributed by atoms with Crippen molar-refractivity contribution in [3.8, 4) is 5.75 Å². The number of nitrogens with zero attached hydrogens (tertiary/aromatic N) is 1. The van der Waals surface area contributed by atoms with E-state index >= 15 is 0 Å². The van der Waals surface area contributed by atoms with Gasteiger partial charge in [0.1, 0.15) is 16.2 Å². The standard InChI is InChI=1S/C18H14N2O7S/c1-10-2-5-14(16(6-10)20(23)24)18(22)19-15-8-12-7-13(21)4-3-11(12)9-17(15)28(25,26)27/h2-9,21H,1H3,(H,19,22)(H,25,26,27). The van der Waals surface area contributed by atoms with E-state index in [9.17, 15) is 33.0 Å². The Bertz CT molecular complexity index is 1240. The number of hydrogen-bond acceptors (Lipinski definition) is 6. The SMILES string of the molecule is Cc1ccc(C(=O)Nc2cc3cc(O)ccc3cc2S(=O)(=O)O)c([N+](=O)[O-])c1. The van der Waals surface area contributed by atoms with E-state index in [0.717, 1.165) is 6.07 Å². The predicted octanol–water partition coefficient (Wildman–Crippen LogP) is 3.26. The normalized spacial score (nSPS) is 11.4. The minimum Gasteiger partial charge on any atom is -0.508 e. The fourth-order valence-electron chi connectivity index (χ4n) is 2.75. The van der Waals surface area contributed by atoms with E-state index in [-0.39, 0.29) is 17.0 Å². The van der Waals surface area contributed by atoms with Gasteiger partial charge in [0.05, 0.1) is 10.6 Å². The van der Waals surface area contributed by atoms with Crippen molar-refractivity contribution in [3.63, 3.8) is 0 Å². The first-order chi connectivity index (χ1) is 13.1. The third kappa shape index (κ3) is 3.77. The van der Waals surface area contributed by atoms with E-state index in [1.54, 1.807) is 6.92 Å². The van der Waals surface area contributed by atoms with Crippen molar-refractivity contribution in [2.75, 3.05) is 5.32 Å². The highest BCUT2D eigenvalue weighted by atomic mass is 32.2. The second-order valence-corrected chi connectivity index (χ2v) is 7.48. The second kappa shape index (κ2) is 6.91. The molecule has 9 nitrogen and oxygen atoms in total. The molecule has 0 atom stereocenters. The summed E-state index contributed by atoms with van der Waals surface area (Å²) in [6.45, 7) is 1.63. The van der Waals surface area contributed by atoms with Crippen LogP contribution in [0.15, 0.2) is 53.4 Å². The van der Waals surface area contributed by atoms with Crippen molar-refractivity contribution < 1.29 is 27.8 Å². The first kappa shape index (κ1) is 19.3. The Morgan fingerprint density at radius 3 is 2.43 bits per heavy atom. The molecule has 0 heterocycles. The van der Waals surface area contributed by atoms with Crippen LogP contribution in [0.5, 0.6) is 5.75 Å². The van der Waals surface area contributed by atoms with Gasteiger partial charge in [0.15, 0.2) is 0 Å². The van der Waals surface area contributed by atoms with Gasteiger partial charge in [-0.05, 0) is 53.6 Å². The van der Waals surface area contributed by atoms with Crippen LogP contribution >= 0.6 is 0 Å². The number of hydrogen-bond donors (Lipinski definition) is 3. The Balaban J connectivity index is 2.13. The quantitative estimate of drug-likeness (QED) is 0.345. The van der Waals surface area contributed by atoms with Gasteiger partial charge in [-0.1, -0.05) is 12.1 Å². The van der Waals surface area contributed by atoms with Gasteiger partial charge >= 0.3 is 0 Å². The number of benzene rings is 3. The summed E-state index contributed by atoms with van der Waals surface area (Å²) in [4.78, 5) is 22.5. The molecule has 3 rings (SSSR count). The van der Waals surface area contributed by atoms with E-state index in [1.165, 1.54) is 42.5 Å². The van der Waals surface area contributed by atoms with Crippen LogP contribution in [0, 0.1) is 17.0 Å². The van der Waals surface area contributed by atoms with Gasteiger partial charge in [-0.2, -0.15) is 8.42 Å². The minimum absolute atomic E-state index is 0.0847. The Morgan fingerprint density at radius 1 is 1.07 bits per heavy atom. The van der Waals surface area contributed by atoms with Crippen LogP contribution < -0.4 is 5.32 Å². The zero-order chi connectivity index (χ0) is 20.6. The minimum atomic E-state index is -4.71. The number of carbonyl (C=O) groups excluding carboxylic acids is 1. The summed E-state index contributed by atoms with van der Waals surface area (Å²) >= 11 is 0. The average Bonchev–Trinajstić information content (AvgIpc) is 2.59. The second-order valence-electron chi connectivity index (χ2n) is 6.09. The lowest BCUT2D eigenvalue weighted by Gasteiger charge is -2.12. The number of phenolic OH excluding ortho intramolecular Hbond substituents is 1. The van der Waals surface area contributed by atoms with Crippen molar-refractivity contribution in [2.45, 2.75) is 11.8 Å². The molecule has 0 aromatic heterocycles. The van der Waals surface area contributed by atoms with Crippen molar-refractivity contribution in [1.29, 1.82) is 0 Å². The van der Waals surface area contributed by atoms with Gasteiger partial charge in [-0.3, -0.25) is 19.5 Å². The molecule has 0 unspecified atom stereocenters. The van der Waals surface area contributed by atoms with Crippen LogP contribution in [0.4, 0.5) is 11.4 Å². The Morgan fingerprint density at radius 2 is 1.79 bits per heavy atom. The van der Waals surface area contributed by atoms with Gasteiger partial charge in [-0.25, -0.2) is 0 Å². The lowest BCUT2D eigenvalue weighted by Crippen LogP contribution is -2.16. The summed E-state index contributed by atoms with van der Waals surface area (Å²) in [7, 11) is -4.71. The van der Waals surface area contributed by atoms with Crippen molar-refractivity contribution in [1.82, 2.24) is 0 Å². The molecule has 10 heteroatoms. The van der Waals surface area contributed by atoms with E-state index in [2.05, 4.69) is 5.32 Å². The Kier molecular flexibility index (Phi) is 4.75. The smallest absolute Gasteiger partial charge is 0.296 e. The summed E-state index contributed by atoms with van der Waals surface area (Å²) in [5, 5.41) is 23.9. The number of carbonyl (C=O) groups is 1. The number of anilines is 1. The number of rotatable bonds is 4. The summed E-state index contributed by atoms with van der Waals surface area (Å²) < 4.78 is 33.0. The molecule has 3 N–H and O–H groups in total. The Labute approximate surface area is 159 Å². The van der Waals surface area contributed by atoms with Gasteiger partial charge in [-0.15, -0.1) is 0 Å². The molecule has 0 radical (unpaired) electrons. The molecular formula is C18H14N2O7S. The van der Waals surface area contributed by atoms with Crippen LogP contribution in [0.3, 0.4) is 0 Å². The molecule has 0 spiro atoms. The van der Waals surface area contributed by atoms with Crippen LogP contribution in [-0.2, 0) is 10.1 Å². The molecule has 3 aromatic rings. The van der Waals surface area contributed by atoms with Gasteiger partial charge in [0.25, 0.3) is 21.7 Å². The number of nitro benzene ring substituents is 1. The largest absolute Gasteiger partial charge is 0.508 e. The lowest BCUT2D eigenvalue weighted by molar-refractivity contribution is -0.385. The molecule has 144 valence electrons. The zero-order valence-electron chi connectivity index (χ0n) is 14.4. The highest BCUT2D eigenvalue weighted by molar-refractivity contribution is 7.86. The van der Waals surface area contributed by atoms with E-state index in [4.69, 9.17) is 0 Å². The lowest BCUT2D eigenvalue weighted by atomic mass is 10.1. The molecule has 0 aliphatic heterocycles. The molecule has 0 saturated heterocycles. The maximum Gasteiger partial charge on any atom is 0.296 e. The van der Waals surface area contributed by atoms with Crippen LogP contribution in [0.25, 0.3) is 10.8 Å². The fraction of sp³-hybridized carbons (Fsp3) is 0.0556. The number of aryl methyl sites for hydroxylation is 1. The van der Waals surface area contributed by atoms with E-state index < -0.39 is 31.5 Å². The van der Waals surface area contributed by atoms with Crippen molar-refractivity contribution in [3.05, 3.63) is 69.8 Å². The average molecular weight is 402 g/mol. The van der Waals surface area contributed by atoms with Gasteiger partial charge < -0.3 is 10.4 Å². The topological polar surface area (TPSA) is 147 Å². The first-order valence-corrected chi connectivity index (χ1v) is 9.31. The van der Waals surface area contributed by atoms with Crippen molar-refractivity contribution >= 4 is 38.2 Å².